The summed E-state index contributed by atoms with van der Waals surface area (Å²) >= 11 is 2.02. The van der Waals surface area contributed by atoms with Gasteiger partial charge in [-0.25, -0.2) is 4.98 Å². The van der Waals surface area contributed by atoms with Crippen LogP contribution < -0.4 is 4.74 Å². The van der Waals surface area contributed by atoms with E-state index in [1.807, 2.05) is 30.1 Å². The number of ether oxygens (including phenoxy) is 1. The number of nitrogens with zero attached hydrogens (tertiary/aromatic N) is 2. The second kappa shape index (κ2) is 4.01. The Balaban J connectivity index is 2.06. The van der Waals surface area contributed by atoms with E-state index in [0.717, 1.165) is 11.3 Å². The average molecular weight is 234 g/mol. The van der Waals surface area contributed by atoms with Gasteiger partial charge in [-0.2, -0.15) is 11.8 Å². The summed E-state index contributed by atoms with van der Waals surface area (Å²) in [7, 11) is 1.69. The number of rotatable bonds is 2. The van der Waals surface area contributed by atoms with Crippen LogP contribution in [0.15, 0.2) is 24.5 Å². The normalized spacial score (nSPS) is 20.4. The van der Waals surface area contributed by atoms with Gasteiger partial charge in [0, 0.05) is 23.9 Å². The van der Waals surface area contributed by atoms with Crippen molar-refractivity contribution in [2.75, 3.05) is 18.6 Å². The van der Waals surface area contributed by atoms with Gasteiger partial charge in [-0.1, -0.05) is 0 Å². The van der Waals surface area contributed by atoms with E-state index in [1.165, 1.54) is 23.8 Å². The lowest BCUT2D eigenvalue weighted by Gasteiger charge is -2.07. The van der Waals surface area contributed by atoms with E-state index in [2.05, 4.69) is 15.6 Å². The SMILES string of the molecule is COc1ccn2c(C3CCSC3)ncc2c1. The molecule has 0 N–H and O–H groups in total. The van der Waals surface area contributed by atoms with Crippen LogP contribution in [0.5, 0.6) is 5.75 Å². The molecule has 1 unspecified atom stereocenters. The number of thioether (sulfide) groups is 1. The van der Waals surface area contributed by atoms with E-state index in [9.17, 15) is 0 Å². The Kier molecular flexibility index (Phi) is 2.52. The molecule has 3 rings (SSSR count). The van der Waals surface area contributed by atoms with Gasteiger partial charge in [-0.15, -0.1) is 0 Å². The van der Waals surface area contributed by atoms with Gasteiger partial charge in [-0.3, -0.25) is 0 Å². The van der Waals surface area contributed by atoms with Crippen molar-refractivity contribution in [3.63, 3.8) is 0 Å². The molecule has 0 radical (unpaired) electrons. The van der Waals surface area contributed by atoms with Crippen molar-refractivity contribution in [1.82, 2.24) is 9.38 Å². The molecule has 1 aliphatic rings. The molecule has 0 aromatic carbocycles. The van der Waals surface area contributed by atoms with E-state index in [-0.39, 0.29) is 0 Å². The van der Waals surface area contributed by atoms with Crippen molar-refractivity contribution in [1.29, 1.82) is 0 Å². The van der Waals surface area contributed by atoms with Crippen LogP contribution in [0.2, 0.25) is 0 Å². The summed E-state index contributed by atoms with van der Waals surface area (Å²) in [6.45, 7) is 0. The van der Waals surface area contributed by atoms with Crippen molar-refractivity contribution < 1.29 is 4.74 Å². The van der Waals surface area contributed by atoms with Crippen LogP contribution in [0.4, 0.5) is 0 Å². The number of hydrogen-bond donors (Lipinski definition) is 0. The molecule has 2 aromatic heterocycles. The molecule has 0 amide bonds. The number of hydrogen-bond acceptors (Lipinski definition) is 3. The van der Waals surface area contributed by atoms with Crippen molar-refractivity contribution in [3.8, 4) is 5.75 Å². The zero-order chi connectivity index (χ0) is 11.0. The van der Waals surface area contributed by atoms with Crippen LogP contribution in [0, 0.1) is 0 Å². The van der Waals surface area contributed by atoms with E-state index >= 15 is 0 Å². The maximum atomic E-state index is 5.21. The van der Waals surface area contributed by atoms with Crippen LogP contribution in [0.3, 0.4) is 0 Å². The van der Waals surface area contributed by atoms with Gasteiger partial charge in [0.05, 0.1) is 18.8 Å². The van der Waals surface area contributed by atoms with Crippen LogP contribution >= 0.6 is 11.8 Å². The highest BCUT2D eigenvalue weighted by Gasteiger charge is 2.21. The molecule has 3 nitrogen and oxygen atoms in total. The molecule has 84 valence electrons. The number of imidazole rings is 1. The Morgan fingerprint density at radius 1 is 1.56 bits per heavy atom. The summed E-state index contributed by atoms with van der Waals surface area (Å²) in [5.74, 6) is 5.16. The van der Waals surface area contributed by atoms with Crippen LogP contribution in [0.25, 0.3) is 5.52 Å². The first kappa shape index (κ1) is 10.0. The third-order valence-electron chi connectivity index (χ3n) is 3.06. The predicted molar refractivity (Wildman–Crippen MR) is 66.4 cm³/mol. The van der Waals surface area contributed by atoms with Gasteiger partial charge in [-0.05, 0) is 18.2 Å². The Labute approximate surface area is 98.8 Å². The first-order valence-electron chi connectivity index (χ1n) is 5.47. The minimum atomic E-state index is 0.612. The van der Waals surface area contributed by atoms with Crippen molar-refractivity contribution >= 4 is 17.3 Å². The first-order valence-corrected chi connectivity index (χ1v) is 6.62. The Morgan fingerprint density at radius 2 is 2.50 bits per heavy atom. The second-order valence-corrected chi connectivity index (χ2v) is 5.19. The molecule has 3 heterocycles. The monoisotopic (exact) mass is 234 g/mol. The largest absolute Gasteiger partial charge is 0.497 e. The van der Waals surface area contributed by atoms with E-state index < -0.39 is 0 Å². The molecule has 0 bridgehead atoms. The molecule has 2 aromatic rings. The smallest absolute Gasteiger partial charge is 0.122 e. The van der Waals surface area contributed by atoms with Crippen molar-refractivity contribution in [2.45, 2.75) is 12.3 Å². The third-order valence-corrected chi connectivity index (χ3v) is 4.23. The molecule has 1 saturated heterocycles. The van der Waals surface area contributed by atoms with Crippen molar-refractivity contribution in [3.05, 3.63) is 30.4 Å². The summed E-state index contributed by atoms with van der Waals surface area (Å²) in [5.41, 5.74) is 1.12. The molecule has 1 fully saturated rings. The topological polar surface area (TPSA) is 26.5 Å². The van der Waals surface area contributed by atoms with Gasteiger partial charge < -0.3 is 9.14 Å². The molecule has 0 saturated carbocycles. The lowest BCUT2D eigenvalue weighted by atomic mass is 10.1. The highest BCUT2D eigenvalue weighted by atomic mass is 32.2. The molecule has 0 spiro atoms. The average Bonchev–Trinajstić information content (AvgIpc) is 2.96. The zero-order valence-electron chi connectivity index (χ0n) is 9.22. The molecular weight excluding hydrogens is 220 g/mol. The summed E-state index contributed by atoms with van der Waals surface area (Å²) in [4.78, 5) is 4.55. The number of aromatic nitrogens is 2. The van der Waals surface area contributed by atoms with Crippen LogP contribution in [-0.2, 0) is 0 Å². The highest BCUT2D eigenvalue weighted by Crippen LogP contribution is 2.32. The van der Waals surface area contributed by atoms with Gasteiger partial charge in [0.1, 0.15) is 11.6 Å². The maximum Gasteiger partial charge on any atom is 0.122 e. The fraction of sp³-hybridized carbons (Fsp3) is 0.417. The molecule has 0 aliphatic carbocycles. The molecule has 1 aliphatic heterocycles. The molecule has 4 heteroatoms. The van der Waals surface area contributed by atoms with E-state index in [0.29, 0.717) is 5.92 Å². The van der Waals surface area contributed by atoms with E-state index in [4.69, 9.17) is 4.74 Å². The fourth-order valence-electron chi connectivity index (χ4n) is 2.17. The summed E-state index contributed by atoms with van der Waals surface area (Å²) in [6, 6.07) is 4.01. The lowest BCUT2D eigenvalue weighted by molar-refractivity contribution is 0.414. The van der Waals surface area contributed by atoms with E-state index in [1.54, 1.807) is 7.11 Å². The second-order valence-electron chi connectivity index (χ2n) is 4.04. The summed E-state index contributed by atoms with van der Waals surface area (Å²) in [5, 5.41) is 0. The maximum absolute atomic E-state index is 5.21. The minimum Gasteiger partial charge on any atom is -0.497 e. The quantitative estimate of drug-likeness (QED) is 0.799. The van der Waals surface area contributed by atoms with Gasteiger partial charge >= 0.3 is 0 Å². The Morgan fingerprint density at radius 3 is 3.25 bits per heavy atom. The lowest BCUT2D eigenvalue weighted by Crippen LogP contribution is -2.02. The molecule has 16 heavy (non-hydrogen) atoms. The summed E-state index contributed by atoms with van der Waals surface area (Å²) < 4.78 is 7.39. The Hall–Kier alpha value is -1.16. The molecular formula is C12H14N2OS. The first-order chi connectivity index (χ1) is 7.88. The highest BCUT2D eigenvalue weighted by molar-refractivity contribution is 7.99. The van der Waals surface area contributed by atoms with Crippen LogP contribution in [0.1, 0.15) is 18.2 Å². The van der Waals surface area contributed by atoms with Gasteiger partial charge in [0.25, 0.3) is 0 Å². The van der Waals surface area contributed by atoms with Crippen LogP contribution in [-0.4, -0.2) is 28.0 Å². The predicted octanol–water partition coefficient (Wildman–Crippen LogP) is 2.56. The molecule has 1 atom stereocenters. The Bertz CT molecular complexity index is 503. The fourth-order valence-corrected chi connectivity index (χ4v) is 3.39. The number of fused-ring (bicyclic) bond motifs is 1. The summed E-state index contributed by atoms with van der Waals surface area (Å²) in [6.07, 6.45) is 5.23. The van der Waals surface area contributed by atoms with Gasteiger partial charge in [0.2, 0.25) is 0 Å². The van der Waals surface area contributed by atoms with Crippen molar-refractivity contribution in [2.24, 2.45) is 0 Å². The minimum absolute atomic E-state index is 0.612. The number of methoxy groups -OCH3 is 1. The standard InChI is InChI=1S/C12H14N2OS/c1-15-11-2-4-14-10(6-11)7-13-12(14)9-3-5-16-8-9/h2,4,6-7,9H,3,5,8H2,1H3. The van der Waals surface area contributed by atoms with Gasteiger partial charge in [0.15, 0.2) is 0 Å². The zero-order valence-corrected chi connectivity index (χ0v) is 10.0. The third kappa shape index (κ3) is 1.57. The number of pyridine rings is 1.